The number of nitrogens with one attached hydrogen (secondary N) is 1. The van der Waals surface area contributed by atoms with Crippen LogP contribution >= 0.6 is 0 Å². The van der Waals surface area contributed by atoms with Crippen molar-refractivity contribution in [1.82, 2.24) is 10.2 Å². The van der Waals surface area contributed by atoms with Gasteiger partial charge in [0, 0.05) is 41.9 Å². The van der Waals surface area contributed by atoms with Crippen LogP contribution in [0.2, 0.25) is 0 Å². The summed E-state index contributed by atoms with van der Waals surface area (Å²) in [5.41, 5.74) is 3.49. The Morgan fingerprint density at radius 1 is 0.850 bits per heavy atom. The van der Waals surface area contributed by atoms with Gasteiger partial charge in [0.2, 0.25) is 11.8 Å². The zero-order valence-electron chi connectivity index (χ0n) is 32.7. The highest BCUT2D eigenvalue weighted by Crippen LogP contribution is 2.48. The van der Waals surface area contributed by atoms with Gasteiger partial charge in [-0.25, -0.2) is 14.8 Å². The summed E-state index contributed by atoms with van der Waals surface area (Å²) in [6.45, 7) is 6.74. The number of hydrogen-bond donors (Lipinski definition) is 6. The molecule has 324 valence electrons. The fraction of sp³-hybridized carbons (Fsp3) is 0.351. The van der Waals surface area contributed by atoms with Crippen molar-refractivity contribution < 1.29 is 73.0 Å². The van der Waals surface area contributed by atoms with Gasteiger partial charge in [0.1, 0.15) is 6.20 Å². The number of fused-ring (bicyclic) bond motifs is 2. The maximum atomic E-state index is 13.2. The summed E-state index contributed by atoms with van der Waals surface area (Å²) >= 11 is 0. The Bertz CT molecular complexity index is 2640. The van der Waals surface area contributed by atoms with Gasteiger partial charge in [0.25, 0.3) is 36.3 Å². The number of amides is 1. The molecule has 4 heterocycles. The summed E-state index contributed by atoms with van der Waals surface area (Å²) in [6.07, 6.45) is 10.0. The molecule has 0 saturated carbocycles. The average Bonchev–Trinajstić information content (AvgIpc) is 3.66. The van der Waals surface area contributed by atoms with Gasteiger partial charge in [0.05, 0.1) is 39.5 Å². The number of carbonyl (C=O) groups is 2. The van der Waals surface area contributed by atoms with Crippen LogP contribution in [0.3, 0.4) is 0 Å². The minimum Gasteiger partial charge on any atom is -0.492 e. The summed E-state index contributed by atoms with van der Waals surface area (Å²) in [5, 5.41) is 19.3. The van der Waals surface area contributed by atoms with Crippen molar-refractivity contribution in [2.24, 2.45) is 4.99 Å². The van der Waals surface area contributed by atoms with Crippen LogP contribution in [0.25, 0.3) is 0 Å². The van der Waals surface area contributed by atoms with E-state index in [9.17, 15) is 58.7 Å². The normalized spacial score (nSPS) is 16.7. The molecular formula is C37H44N5O15S3+. The Morgan fingerprint density at radius 3 is 2.13 bits per heavy atom. The van der Waals surface area contributed by atoms with E-state index in [4.69, 9.17) is 14.7 Å². The van der Waals surface area contributed by atoms with Crippen molar-refractivity contribution in [3.63, 3.8) is 0 Å². The number of nitrogens with zero attached hydrogens (tertiary/aromatic N) is 4. The number of hydrogen-bond acceptors (Lipinski definition) is 14. The number of aryl methyl sites for hydroxylation is 1. The fourth-order valence-electron chi connectivity index (χ4n) is 6.74. The van der Waals surface area contributed by atoms with Crippen molar-refractivity contribution in [3.05, 3.63) is 95.4 Å². The first-order valence-electron chi connectivity index (χ1n) is 18.0. The Kier molecular flexibility index (Phi) is 13.1. The molecule has 1 amide bonds. The SMILES string of the molecule is CC1(C)C(=CC=CC=CC2=Nc3c(cc(C(=O)NOCC(=O)On4c(O)ccc4O)c[n+]3CCCS(=O)(=O)O)C2(C)C)N(CCCS(=O)(=O)O)c2ccc(S(=O)(=O)O)cc21. The highest BCUT2D eigenvalue weighted by Gasteiger charge is 2.43. The molecule has 0 unspecified atom stereocenters. The molecule has 3 aromatic rings. The molecule has 0 spiro atoms. The van der Waals surface area contributed by atoms with E-state index < -0.39 is 82.9 Å². The second-order valence-electron chi connectivity index (χ2n) is 14.8. The van der Waals surface area contributed by atoms with Gasteiger partial charge in [-0.05, 0) is 67.2 Å². The molecule has 2 aliphatic heterocycles. The minimum absolute atomic E-state index is 0.0228. The van der Waals surface area contributed by atoms with E-state index in [2.05, 4.69) is 5.48 Å². The van der Waals surface area contributed by atoms with Gasteiger partial charge < -0.3 is 20.0 Å². The average molecular weight is 895 g/mol. The second kappa shape index (κ2) is 17.3. The second-order valence-corrected chi connectivity index (χ2v) is 19.4. The van der Waals surface area contributed by atoms with Gasteiger partial charge >= 0.3 is 11.8 Å². The van der Waals surface area contributed by atoms with Crippen molar-refractivity contribution in [2.75, 3.05) is 29.6 Å². The van der Waals surface area contributed by atoms with Crippen LogP contribution in [0.4, 0.5) is 11.5 Å². The Balaban J connectivity index is 1.37. The van der Waals surface area contributed by atoms with Crippen molar-refractivity contribution >= 4 is 59.4 Å². The molecule has 0 bridgehead atoms. The van der Waals surface area contributed by atoms with Gasteiger partial charge in [-0.15, -0.1) is 4.73 Å². The molecule has 20 nitrogen and oxygen atoms in total. The molecule has 6 N–H and O–H groups in total. The van der Waals surface area contributed by atoms with Gasteiger partial charge in [0.15, 0.2) is 12.3 Å². The lowest BCUT2D eigenvalue weighted by molar-refractivity contribution is -0.684. The molecule has 2 aliphatic rings. The number of aromatic nitrogens is 2. The Labute approximate surface area is 345 Å². The summed E-state index contributed by atoms with van der Waals surface area (Å²) in [5.74, 6) is -3.66. The first kappa shape index (κ1) is 45.7. The minimum atomic E-state index is -4.52. The monoisotopic (exact) mass is 894 g/mol. The van der Waals surface area contributed by atoms with E-state index >= 15 is 0 Å². The van der Waals surface area contributed by atoms with E-state index in [1.165, 1.54) is 24.4 Å². The molecule has 5 rings (SSSR count). The maximum absolute atomic E-state index is 13.2. The number of aromatic hydroxyl groups is 2. The highest BCUT2D eigenvalue weighted by molar-refractivity contribution is 7.86. The lowest BCUT2D eigenvalue weighted by Gasteiger charge is -2.27. The smallest absolute Gasteiger partial charge is 0.361 e. The molecule has 0 saturated heterocycles. The van der Waals surface area contributed by atoms with Crippen LogP contribution in [-0.2, 0) is 57.4 Å². The molecular weight excluding hydrogens is 851 g/mol. The van der Waals surface area contributed by atoms with E-state index in [0.717, 1.165) is 12.1 Å². The molecule has 0 aliphatic carbocycles. The quantitative estimate of drug-likeness (QED) is 0.0491. The molecule has 2 aromatic heterocycles. The van der Waals surface area contributed by atoms with Gasteiger partial charge in [-0.2, -0.15) is 25.3 Å². The predicted molar refractivity (Wildman–Crippen MR) is 215 cm³/mol. The number of aliphatic imine (C=N–C) groups is 1. The zero-order valence-corrected chi connectivity index (χ0v) is 35.2. The van der Waals surface area contributed by atoms with Crippen LogP contribution in [0.1, 0.15) is 62.0 Å². The molecule has 0 atom stereocenters. The van der Waals surface area contributed by atoms with E-state index in [1.807, 2.05) is 32.6 Å². The van der Waals surface area contributed by atoms with E-state index in [0.29, 0.717) is 38.8 Å². The molecule has 60 heavy (non-hydrogen) atoms. The Morgan fingerprint density at radius 2 is 1.50 bits per heavy atom. The number of anilines is 1. The third-order valence-electron chi connectivity index (χ3n) is 9.73. The van der Waals surface area contributed by atoms with Crippen molar-refractivity contribution in [2.45, 2.75) is 62.8 Å². The molecule has 1 aromatic carbocycles. The zero-order chi connectivity index (χ0) is 44.4. The lowest BCUT2D eigenvalue weighted by Crippen LogP contribution is -2.39. The summed E-state index contributed by atoms with van der Waals surface area (Å²) in [6, 6.07) is 7.84. The van der Waals surface area contributed by atoms with Crippen LogP contribution in [0, 0.1) is 0 Å². The summed E-state index contributed by atoms with van der Waals surface area (Å²) in [4.78, 5) is 41.5. The molecule has 0 fully saturated rings. The topological polar surface area (TPSA) is 293 Å². The van der Waals surface area contributed by atoms with Crippen LogP contribution in [-0.4, -0.2) is 96.1 Å². The number of benzene rings is 1. The van der Waals surface area contributed by atoms with E-state index in [1.54, 1.807) is 41.0 Å². The number of hydroxylamine groups is 1. The largest absolute Gasteiger partial charge is 0.492 e. The number of allylic oxidation sites excluding steroid dienone is 6. The van der Waals surface area contributed by atoms with E-state index in [-0.39, 0.29) is 36.4 Å². The maximum Gasteiger partial charge on any atom is 0.361 e. The van der Waals surface area contributed by atoms with Crippen LogP contribution in [0.15, 0.2) is 88.6 Å². The highest BCUT2D eigenvalue weighted by atomic mass is 32.2. The first-order chi connectivity index (χ1) is 27.8. The summed E-state index contributed by atoms with van der Waals surface area (Å²) in [7, 11) is -13.1. The molecule has 23 heteroatoms. The number of pyridine rings is 1. The van der Waals surface area contributed by atoms with Crippen molar-refractivity contribution in [1.29, 1.82) is 0 Å². The van der Waals surface area contributed by atoms with Gasteiger partial charge in [-0.3, -0.25) is 23.3 Å². The first-order valence-corrected chi connectivity index (χ1v) is 22.7. The Hall–Kier alpha value is -5.43. The number of rotatable bonds is 17. The summed E-state index contributed by atoms with van der Waals surface area (Å²) < 4.78 is 100. The molecule has 0 radical (unpaired) electrons. The number of carbonyl (C=O) groups excluding carboxylic acids is 2. The lowest BCUT2D eigenvalue weighted by atomic mass is 9.81. The van der Waals surface area contributed by atoms with Crippen LogP contribution in [0.5, 0.6) is 11.8 Å². The third-order valence-corrected chi connectivity index (χ3v) is 12.2. The van der Waals surface area contributed by atoms with Crippen molar-refractivity contribution in [3.8, 4) is 11.8 Å². The fourth-order valence-corrected chi connectivity index (χ4v) is 8.23. The predicted octanol–water partition coefficient (Wildman–Crippen LogP) is 2.46. The standard InChI is InChI=1S/C37H43N5O15S3/c1-36(2)27-20-24(35(46)39-56-23-33(45)57-42-31(43)14-15-32(42)44)22-40(16-8-18-58(47,48)49)34(27)38-29(36)10-6-5-7-11-30-37(3,4)26-21-25(60(53,54)55)12-13-28(26)41(30)17-9-19-59(50,51)52/h5-7,10-15,20-22H,8-9,16-19,23H2,1-4H3,(H5-,39,43,44,46,47,48,49,50,51,52,53,54,55)/p+1. The third kappa shape index (κ3) is 10.7. The van der Waals surface area contributed by atoms with Gasteiger partial charge in [-0.1, -0.05) is 32.1 Å². The van der Waals surface area contributed by atoms with Crippen LogP contribution < -0.4 is 19.8 Å².